The van der Waals surface area contributed by atoms with Gasteiger partial charge in [-0.15, -0.1) is 0 Å². The predicted octanol–water partition coefficient (Wildman–Crippen LogP) is 0.446. The zero-order valence-corrected chi connectivity index (χ0v) is 10.0. The van der Waals surface area contributed by atoms with Crippen molar-refractivity contribution in [1.82, 2.24) is 5.32 Å². The molecule has 1 saturated heterocycles. The summed E-state index contributed by atoms with van der Waals surface area (Å²) in [4.78, 5) is 11.4. The largest absolute Gasteiger partial charge is 0.351 e. The lowest BCUT2D eigenvalue weighted by molar-refractivity contribution is -0.124. The number of rotatable bonds is 3. The first-order valence-corrected chi connectivity index (χ1v) is 6.83. The van der Waals surface area contributed by atoms with E-state index >= 15 is 0 Å². The second-order valence-electron chi connectivity index (χ2n) is 3.34. The molecule has 14 heavy (non-hydrogen) atoms. The zero-order chi connectivity index (χ0) is 10.8. The Balaban J connectivity index is 2.44. The molecule has 1 atom stereocenters. The van der Waals surface area contributed by atoms with Crippen molar-refractivity contribution in [1.29, 1.82) is 0 Å². The van der Waals surface area contributed by atoms with E-state index in [0.717, 1.165) is 0 Å². The molecule has 0 spiro atoms. The van der Waals surface area contributed by atoms with Crippen LogP contribution in [0.1, 0.15) is 6.42 Å². The highest BCUT2D eigenvalue weighted by Gasteiger charge is 2.32. The molecule has 0 aromatic heterocycles. The van der Waals surface area contributed by atoms with Crippen LogP contribution in [0.5, 0.6) is 0 Å². The zero-order valence-electron chi connectivity index (χ0n) is 7.62. The molecule has 80 valence electrons. The number of hydrogen-bond donors (Lipinski definition) is 1. The van der Waals surface area contributed by atoms with Gasteiger partial charge in [0, 0.05) is 11.0 Å². The molecule has 1 heterocycles. The van der Waals surface area contributed by atoms with Crippen LogP contribution in [0.25, 0.3) is 0 Å². The maximum absolute atomic E-state index is 11.4. The summed E-state index contributed by atoms with van der Waals surface area (Å²) in [5.41, 5.74) is 0. The minimum absolute atomic E-state index is 0.0202. The van der Waals surface area contributed by atoms with Crippen molar-refractivity contribution in [3.05, 3.63) is 11.1 Å². The Hall–Kier alpha value is -0.360. The van der Waals surface area contributed by atoms with Crippen LogP contribution in [0.2, 0.25) is 0 Å². The summed E-state index contributed by atoms with van der Waals surface area (Å²) in [6, 6.07) is 0. The number of carbonyl (C=O) groups excluding carboxylic acids is 1. The first kappa shape index (κ1) is 11.7. The molecule has 1 unspecified atom stereocenters. The van der Waals surface area contributed by atoms with Gasteiger partial charge < -0.3 is 5.32 Å². The summed E-state index contributed by atoms with van der Waals surface area (Å²) < 4.78 is 22.8. The molecule has 6 heteroatoms. The fourth-order valence-corrected chi connectivity index (χ4v) is 3.21. The molecule has 0 radical (unpaired) electrons. The number of halogens is 1. The molecule has 1 N–H and O–H groups in total. The predicted molar refractivity (Wildman–Crippen MR) is 57.8 cm³/mol. The van der Waals surface area contributed by atoms with E-state index in [0.29, 0.717) is 17.4 Å². The minimum Gasteiger partial charge on any atom is -0.351 e. The van der Waals surface area contributed by atoms with Gasteiger partial charge in [0.2, 0.25) is 5.91 Å². The third kappa shape index (κ3) is 3.42. The summed E-state index contributed by atoms with van der Waals surface area (Å²) in [6.07, 6.45) is 0.433. The fraction of sp³-hybridized carbons (Fsp3) is 0.625. The molecule has 0 aliphatic carbocycles. The van der Waals surface area contributed by atoms with Gasteiger partial charge in [0.05, 0.1) is 17.4 Å². The van der Waals surface area contributed by atoms with Crippen molar-refractivity contribution in [2.24, 2.45) is 5.92 Å². The van der Waals surface area contributed by atoms with Gasteiger partial charge in [0.25, 0.3) is 0 Å². The Labute approximate surface area is 91.8 Å². The molecule has 0 aromatic carbocycles. The molecule has 1 fully saturated rings. The second kappa shape index (κ2) is 4.44. The summed E-state index contributed by atoms with van der Waals surface area (Å²) in [7, 11) is -2.97. The quantitative estimate of drug-likeness (QED) is 0.817. The summed E-state index contributed by atoms with van der Waals surface area (Å²) in [5.74, 6) is -0.480. The first-order chi connectivity index (χ1) is 6.41. The summed E-state index contributed by atoms with van der Waals surface area (Å²) in [5, 5.41) is 2.61. The number of carbonyl (C=O) groups is 1. The van der Waals surface area contributed by atoms with Crippen LogP contribution in [0.15, 0.2) is 11.1 Å². The van der Waals surface area contributed by atoms with E-state index in [1.807, 2.05) is 0 Å². The molecule has 1 aliphatic rings. The van der Waals surface area contributed by atoms with Crippen molar-refractivity contribution in [3.8, 4) is 0 Å². The molecule has 4 nitrogen and oxygen atoms in total. The van der Waals surface area contributed by atoms with Crippen molar-refractivity contribution in [2.45, 2.75) is 6.42 Å². The monoisotopic (exact) mass is 281 g/mol. The van der Waals surface area contributed by atoms with Crippen LogP contribution in [0, 0.1) is 5.92 Å². The fourth-order valence-electron chi connectivity index (χ4n) is 1.33. The Kier molecular flexibility index (Phi) is 3.71. The minimum atomic E-state index is -2.97. The highest BCUT2D eigenvalue weighted by molar-refractivity contribution is 9.11. The SMILES string of the molecule is C=C(Br)CNC(=O)C1CCS(=O)(=O)C1. The van der Waals surface area contributed by atoms with Crippen molar-refractivity contribution in [2.75, 3.05) is 18.1 Å². The number of sulfone groups is 1. The van der Waals surface area contributed by atoms with Crippen LogP contribution in [0.3, 0.4) is 0 Å². The number of nitrogens with one attached hydrogen (secondary N) is 1. The third-order valence-corrected chi connectivity index (χ3v) is 4.11. The van der Waals surface area contributed by atoms with Crippen molar-refractivity contribution in [3.63, 3.8) is 0 Å². The molecular formula is C8H12BrNO3S. The van der Waals surface area contributed by atoms with E-state index < -0.39 is 9.84 Å². The summed E-state index contributed by atoms with van der Waals surface area (Å²) >= 11 is 3.11. The maximum atomic E-state index is 11.4. The number of amides is 1. The van der Waals surface area contributed by atoms with E-state index in [9.17, 15) is 13.2 Å². The molecule has 0 saturated carbocycles. The van der Waals surface area contributed by atoms with E-state index in [-0.39, 0.29) is 23.3 Å². The number of hydrogen-bond acceptors (Lipinski definition) is 3. The van der Waals surface area contributed by atoms with Crippen LogP contribution < -0.4 is 5.32 Å². The highest BCUT2D eigenvalue weighted by Crippen LogP contribution is 2.18. The first-order valence-electron chi connectivity index (χ1n) is 4.22. The van der Waals surface area contributed by atoms with Crippen molar-refractivity contribution < 1.29 is 13.2 Å². The Morgan fingerprint density at radius 2 is 2.21 bits per heavy atom. The van der Waals surface area contributed by atoms with Gasteiger partial charge in [-0.25, -0.2) is 8.42 Å². The third-order valence-electron chi connectivity index (χ3n) is 2.06. The van der Waals surface area contributed by atoms with Gasteiger partial charge in [-0.2, -0.15) is 0 Å². The van der Waals surface area contributed by atoms with Gasteiger partial charge in [-0.05, 0) is 6.42 Å². The topological polar surface area (TPSA) is 63.2 Å². The summed E-state index contributed by atoms with van der Waals surface area (Å²) in [6.45, 7) is 3.91. The lowest BCUT2D eigenvalue weighted by Crippen LogP contribution is -2.32. The van der Waals surface area contributed by atoms with Gasteiger partial charge in [0.1, 0.15) is 0 Å². The lowest BCUT2D eigenvalue weighted by atomic mass is 10.1. The molecule has 0 aromatic rings. The van der Waals surface area contributed by atoms with Gasteiger partial charge in [-0.1, -0.05) is 22.5 Å². The average molecular weight is 282 g/mol. The molecule has 0 bridgehead atoms. The normalized spacial score (nSPS) is 24.5. The van der Waals surface area contributed by atoms with Gasteiger partial charge in [0.15, 0.2) is 9.84 Å². The van der Waals surface area contributed by atoms with E-state index in [4.69, 9.17) is 0 Å². The van der Waals surface area contributed by atoms with Crippen molar-refractivity contribution >= 4 is 31.7 Å². The Morgan fingerprint density at radius 1 is 1.57 bits per heavy atom. The lowest BCUT2D eigenvalue weighted by Gasteiger charge is -2.07. The Bertz CT molecular complexity index is 350. The molecule has 1 aliphatic heterocycles. The van der Waals surface area contributed by atoms with Crippen LogP contribution in [-0.4, -0.2) is 32.4 Å². The van der Waals surface area contributed by atoms with Crippen LogP contribution in [0.4, 0.5) is 0 Å². The Morgan fingerprint density at radius 3 is 2.64 bits per heavy atom. The van der Waals surface area contributed by atoms with E-state index in [1.165, 1.54) is 0 Å². The van der Waals surface area contributed by atoms with Crippen LogP contribution in [-0.2, 0) is 14.6 Å². The standard InChI is InChI=1S/C8H12BrNO3S/c1-6(9)4-10-8(11)7-2-3-14(12,13)5-7/h7H,1-5H2,(H,10,11). The molecule has 1 rings (SSSR count). The maximum Gasteiger partial charge on any atom is 0.224 e. The van der Waals surface area contributed by atoms with Gasteiger partial charge in [-0.3, -0.25) is 4.79 Å². The highest BCUT2D eigenvalue weighted by atomic mass is 79.9. The van der Waals surface area contributed by atoms with Crippen LogP contribution >= 0.6 is 15.9 Å². The van der Waals surface area contributed by atoms with E-state index in [1.54, 1.807) is 0 Å². The molecular weight excluding hydrogens is 270 g/mol. The van der Waals surface area contributed by atoms with E-state index in [2.05, 4.69) is 27.8 Å². The smallest absolute Gasteiger partial charge is 0.224 e. The van der Waals surface area contributed by atoms with Gasteiger partial charge >= 0.3 is 0 Å². The second-order valence-corrected chi connectivity index (χ2v) is 6.69. The average Bonchev–Trinajstić information content (AvgIpc) is 2.41. The molecule has 1 amide bonds.